The molecule has 0 spiro atoms. The minimum absolute atomic E-state index is 0.00827. The van der Waals surface area contributed by atoms with Gasteiger partial charge in [0.05, 0.1) is 24.8 Å². The van der Waals surface area contributed by atoms with E-state index < -0.39 is 28.5 Å². The average Bonchev–Trinajstić information content (AvgIpc) is 3.08. The molecule has 1 N–H and O–H groups in total. The van der Waals surface area contributed by atoms with Gasteiger partial charge in [-0.05, 0) is 65.6 Å². The van der Waals surface area contributed by atoms with E-state index in [-0.39, 0.29) is 41.1 Å². The van der Waals surface area contributed by atoms with Crippen molar-refractivity contribution in [3.63, 3.8) is 0 Å². The van der Waals surface area contributed by atoms with Crippen molar-refractivity contribution in [3.05, 3.63) is 119 Å². The molecule has 0 radical (unpaired) electrons. The molecule has 11 heteroatoms. The fourth-order valence-electron chi connectivity index (χ4n) is 5.03. The zero-order chi connectivity index (χ0) is 34.0. The number of nitrogens with zero attached hydrogens (tertiary/aromatic N) is 2. The Balaban J connectivity index is 1.83. The molecule has 4 rings (SSSR count). The molecule has 0 saturated carbocycles. The second kappa shape index (κ2) is 16.3. The molecule has 9 nitrogen and oxygen atoms in total. The van der Waals surface area contributed by atoms with Crippen molar-refractivity contribution in [1.82, 2.24) is 10.2 Å². The molecule has 4 aromatic rings. The normalized spacial score (nSPS) is 11.9. The number of hydrogen-bond donors (Lipinski definition) is 1. The molecule has 0 unspecified atom stereocenters. The maximum Gasteiger partial charge on any atom is 0.264 e. The summed E-state index contributed by atoms with van der Waals surface area (Å²) in [5.74, 6) is -0.0283. The third kappa shape index (κ3) is 9.27. The summed E-state index contributed by atoms with van der Waals surface area (Å²) >= 11 is 6.32. The lowest BCUT2D eigenvalue weighted by atomic mass is 10.0. The summed E-state index contributed by atoms with van der Waals surface area (Å²) in [6.07, 6.45) is 0.205. The number of carbonyl (C=O) groups excluding carboxylic acids is 2. The number of sulfonamides is 1. The van der Waals surface area contributed by atoms with Crippen LogP contribution in [0.1, 0.15) is 25.0 Å². The van der Waals surface area contributed by atoms with Crippen LogP contribution in [0.15, 0.2) is 108 Å². The highest BCUT2D eigenvalue weighted by Gasteiger charge is 2.35. The predicted octanol–water partition coefficient (Wildman–Crippen LogP) is 5.96. The van der Waals surface area contributed by atoms with Gasteiger partial charge in [-0.15, -0.1) is 0 Å². The van der Waals surface area contributed by atoms with E-state index in [9.17, 15) is 18.0 Å². The molecule has 0 aliphatic heterocycles. The van der Waals surface area contributed by atoms with E-state index in [2.05, 4.69) is 5.32 Å². The first-order valence-electron chi connectivity index (χ1n) is 15.2. The van der Waals surface area contributed by atoms with Crippen LogP contribution in [0.4, 0.5) is 5.69 Å². The lowest BCUT2D eigenvalue weighted by Gasteiger charge is -2.34. The Morgan fingerprint density at radius 3 is 2.13 bits per heavy atom. The van der Waals surface area contributed by atoms with Crippen molar-refractivity contribution in [2.24, 2.45) is 5.92 Å². The van der Waals surface area contributed by atoms with Gasteiger partial charge in [0.15, 0.2) is 0 Å². The van der Waals surface area contributed by atoms with Crippen LogP contribution >= 0.6 is 11.6 Å². The maximum absolute atomic E-state index is 14.6. The van der Waals surface area contributed by atoms with E-state index in [0.717, 1.165) is 9.87 Å². The number of benzene rings is 4. The quantitative estimate of drug-likeness (QED) is 0.166. The van der Waals surface area contributed by atoms with Gasteiger partial charge >= 0.3 is 0 Å². The van der Waals surface area contributed by atoms with Crippen molar-refractivity contribution in [1.29, 1.82) is 0 Å². The molecule has 47 heavy (non-hydrogen) atoms. The van der Waals surface area contributed by atoms with Gasteiger partial charge in [0.2, 0.25) is 11.8 Å². The molecule has 0 aliphatic carbocycles. The van der Waals surface area contributed by atoms with Gasteiger partial charge in [0.1, 0.15) is 24.1 Å². The average molecular weight is 678 g/mol. The van der Waals surface area contributed by atoms with Gasteiger partial charge in [-0.1, -0.05) is 80.0 Å². The first-order valence-corrected chi connectivity index (χ1v) is 17.0. The fraction of sp³-hybridized carbons (Fsp3) is 0.278. The number of nitrogens with one attached hydrogen (secondary N) is 1. The number of ether oxygens (including phenoxy) is 2. The molecule has 4 aromatic carbocycles. The van der Waals surface area contributed by atoms with E-state index in [4.69, 9.17) is 21.1 Å². The van der Waals surface area contributed by atoms with Crippen LogP contribution in [0.2, 0.25) is 5.02 Å². The fourth-order valence-corrected chi connectivity index (χ4v) is 6.67. The van der Waals surface area contributed by atoms with E-state index in [1.165, 1.54) is 43.4 Å². The molecule has 0 fully saturated rings. The van der Waals surface area contributed by atoms with Crippen molar-refractivity contribution < 1.29 is 27.5 Å². The van der Waals surface area contributed by atoms with Crippen LogP contribution < -0.4 is 19.1 Å². The summed E-state index contributed by atoms with van der Waals surface area (Å²) in [6, 6.07) is 27.9. The third-order valence-corrected chi connectivity index (χ3v) is 9.49. The number of amides is 2. The van der Waals surface area contributed by atoms with Crippen LogP contribution in [-0.4, -0.2) is 58.5 Å². The lowest BCUT2D eigenvalue weighted by molar-refractivity contribution is -0.140. The smallest absolute Gasteiger partial charge is 0.264 e. The van der Waals surface area contributed by atoms with Crippen LogP contribution in [0.3, 0.4) is 0 Å². The lowest BCUT2D eigenvalue weighted by Crippen LogP contribution is -2.53. The molecular weight excluding hydrogens is 638 g/mol. The largest absolute Gasteiger partial charge is 0.497 e. The van der Waals surface area contributed by atoms with Gasteiger partial charge in [0.25, 0.3) is 10.0 Å². The molecular formula is C36H40ClN3O6S. The zero-order valence-corrected chi connectivity index (χ0v) is 28.5. The number of hydrogen-bond acceptors (Lipinski definition) is 6. The summed E-state index contributed by atoms with van der Waals surface area (Å²) in [6.45, 7) is 3.77. The molecule has 0 heterocycles. The van der Waals surface area contributed by atoms with Crippen molar-refractivity contribution in [2.45, 2.75) is 37.8 Å². The number of halogens is 1. The highest BCUT2D eigenvalue weighted by Crippen LogP contribution is 2.33. The van der Waals surface area contributed by atoms with E-state index in [1.54, 1.807) is 42.5 Å². The van der Waals surface area contributed by atoms with Gasteiger partial charge in [-0.3, -0.25) is 13.9 Å². The predicted molar refractivity (Wildman–Crippen MR) is 184 cm³/mol. The van der Waals surface area contributed by atoms with Crippen molar-refractivity contribution in [3.8, 4) is 11.5 Å². The molecule has 1 atom stereocenters. The zero-order valence-electron chi connectivity index (χ0n) is 26.9. The Morgan fingerprint density at radius 2 is 1.49 bits per heavy atom. The molecule has 248 valence electrons. The Bertz CT molecular complexity index is 1750. The molecule has 0 aliphatic rings. The van der Waals surface area contributed by atoms with Crippen molar-refractivity contribution >= 4 is 39.1 Å². The number of methoxy groups -OCH3 is 2. The number of rotatable bonds is 15. The molecule has 0 saturated heterocycles. The summed E-state index contributed by atoms with van der Waals surface area (Å²) in [5.41, 5.74) is 1.70. The monoisotopic (exact) mass is 677 g/mol. The number of para-hydroxylation sites is 2. The van der Waals surface area contributed by atoms with E-state index in [1.807, 2.05) is 50.2 Å². The van der Waals surface area contributed by atoms with Crippen LogP contribution in [0.25, 0.3) is 0 Å². The van der Waals surface area contributed by atoms with Gasteiger partial charge in [0, 0.05) is 24.5 Å². The van der Waals surface area contributed by atoms with Gasteiger partial charge in [-0.2, -0.15) is 0 Å². The van der Waals surface area contributed by atoms with Crippen LogP contribution in [0, 0.1) is 5.92 Å². The Morgan fingerprint density at radius 1 is 0.830 bits per heavy atom. The minimum atomic E-state index is -4.32. The second-order valence-electron chi connectivity index (χ2n) is 11.4. The SMILES string of the molecule is COc1ccc(S(=O)(=O)N(CC(=O)N(Cc2cccc(Cl)c2)[C@@H](Cc2ccccc2)C(=O)NCC(C)C)c2ccccc2OC)cc1. The number of anilines is 1. The molecule has 0 bridgehead atoms. The maximum atomic E-state index is 14.6. The third-order valence-electron chi connectivity index (χ3n) is 7.48. The molecule has 0 aromatic heterocycles. The topological polar surface area (TPSA) is 105 Å². The standard InChI is InChI=1S/C36H40ClN3O6S/c1-26(2)23-38-36(42)33(22-27-11-6-5-7-12-27)39(24-28-13-10-14-29(37)21-28)35(41)25-40(32-15-8-9-16-34(32)46-4)47(43,44)31-19-17-30(45-3)18-20-31/h5-21,26,33H,22-25H2,1-4H3,(H,38,42)/t33-/m0/s1. The van der Waals surface area contributed by atoms with E-state index in [0.29, 0.717) is 22.9 Å². The van der Waals surface area contributed by atoms with Crippen LogP contribution in [-0.2, 0) is 32.6 Å². The summed E-state index contributed by atoms with van der Waals surface area (Å²) in [5, 5.41) is 3.45. The highest BCUT2D eigenvalue weighted by molar-refractivity contribution is 7.92. The van der Waals surface area contributed by atoms with E-state index >= 15 is 0 Å². The Labute approximate surface area is 282 Å². The Kier molecular flexibility index (Phi) is 12.3. The van der Waals surface area contributed by atoms with Gasteiger partial charge in [-0.25, -0.2) is 8.42 Å². The first kappa shape index (κ1) is 35.3. The summed E-state index contributed by atoms with van der Waals surface area (Å²) in [7, 11) is -1.40. The highest BCUT2D eigenvalue weighted by atomic mass is 35.5. The van der Waals surface area contributed by atoms with Crippen molar-refractivity contribution in [2.75, 3.05) is 31.6 Å². The first-order chi connectivity index (χ1) is 22.5. The van der Waals surface area contributed by atoms with Gasteiger partial charge < -0.3 is 19.7 Å². The van der Waals surface area contributed by atoms with Crippen LogP contribution in [0.5, 0.6) is 11.5 Å². The minimum Gasteiger partial charge on any atom is -0.497 e. The number of carbonyl (C=O) groups is 2. The molecule has 2 amide bonds. The Hall–Kier alpha value is -4.54. The second-order valence-corrected chi connectivity index (χ2v) is 13.7. The summed E-state index contributed by atoms with van der Waals surface area (Å²) < 4.78 is 40.4. The summed E-state index contributed by atoms with van der Waals surface area (Å²) in [4.78, 5) is 29.9.